The first-order valence-electron chi connectivity index (χ1n) is 7.66. The molecule has 0 spiro atoms. The molecule has 2 heteroatoms. The lowest BCUT2D eigenvalue weighted by atomic mass is 9.70. The normalized spacial score (nSPS) is 27.1. The smallest absolute Gasteiger partial charge is 0.0920 e. The van der Waals surface area contributed by atoms with Crippen molar-refractivity contribution in [2.45, 2.75) is 45.1 Å². The topological polar surface area (TPSA) is 33.1 Å². The fourth-order valence-electron chi connectivity index (χ4n) is 3.60. The molecule has 1 aliphatic carbocycles. The Morgan fingerprint density at radius 2 is 2.05 bits per heavy atom. The van der Waals surface area contributed by atoms with Gasteiger partial charge in [0.25, 0.3) is 0 Å². The molecule has 0 amide bonds. The molecule has 0 saturated heterocycles. The molecule has 0 bridgehead atoms. The zero-order chi connectivity index (χ0) is 14.2. The van der Waals surface area contributed by atoms with Crippen LogP contribution in [0.2, 0.25) is 0 Å². The van der Waals surface area contributed by atoms with E-state index in [4.69, 9.17) is 0 Å². The molecule has 2 unspecified atom stereocenters. The van der Waals surface area contributed by atoms with Crippen LogP contribution in [0.15, 0.2) is 36.7 Å². The lowest BCUT2D eigenvalue weighted by Crippen LogP contribution is -2.34. The maximum Gasteiger partial charge on any atom is 0.0920 e. The van der Waals surface area contributed by atoms with Gasteiger partial charge < -0.3 is 5.11 Å². The Morgan fingerprint density at radius 3 is 2.85 bits per heavy atom. The number of aliphatic hydroxyl groups is 1. The summed E-state index contributed by atoms with van der Waals surface area (Å²) in [4.78, 5) is 4.34. The highest BCUT2D eigenvalue weighted by molar-refractivity contribution is 5.85. The van der Waals surface area contributed by atoms with Crippen LogP contribution in [0.3, 0.4) is 0 Å². The second-order valence-corrected chi connectivity index (χ2v) is 6.54. The Morgan fingerprint density at radius 1 is 1.25 bits per heavy atom. The second-order valence-electron chi connectivity index (χ2n) is 6.54. The molecular weight excluding hydrogens is 246 g/mol. The summed E-state index contributed by atoms with van der Waals surface area (Å²) in [6.45, 7) is 4.52. The van der Waals surface area contributed by atoms with Gasteiger partial charge in [0.2, 0.25) is 0 Å². The predicted octanol–water partition coefficient (Wildman–Crippen LogP) is 4.27. The minimum absolute atomic E-state index is 0.604. The van der Waals surface area contributed by atoms with Crippen molar-refractivity contribution < 1.29 is 5.11 Å². The Bertz CT molecular complexity index is 602. The van der Waals surface area contributed by atoms with Crippen LogP contribution in [0, 0.1) is 11.8 Å². The van der Waals surface area contributed by atoms with Crippen LogP contribution in [0.4, 0.5) is 0 Å². The van der Waals surface area contributed by atoms with Crippen molar-refractivity contribution in [1.29, 1.82) is 0 Å². The van der Waals surface area contributed by atoms with Crippen molar-refractivity contribution in [3.63, 3.8) is 0 Å². The van der Waals surface area contributed by atoms with Crippen LogP contribution in [0.25, 0.3) is 10.8 Å². The van der Waals surface area contributed by atoms with Crippen molar-refractivity contribution in [2.24, 2.45) is 11.8 Å². The number of nitrogens with zero attached hydrogens (tertiary/aromatic N) is 1. The molecule has 106 valence electrons. The molecule has 3 rings (SSSR count). The third-order valence-corrected chi connectivity index (χ3v) is 4.88. The van der Waals surface area contributed by atoms with Gasteiger partial charge in [-0.3, -0.25) is 4.98 Å². The lowest BCUT2D eigenvalue weighted by Gasteiger charge is -2.39. The van der Waals surface area contributed by atoms with Crippen molar-refractivity contribution >= 4 is 10.8 Å². The summed E-state index contributed by atoms with van der Waals surface area (Å²) >= 11 is 0. The highest BCUT2D eigenvalue weighted by Crippen LogP contribution is 2.44. The molecule has 1 heterocycles. The Balaban J connectivity index is 2.05. The van der Waals surface area contributed by atoms with Crippen LogP contribution < -0.4 is 0 Å². The Hall–Kier alpha value is -1.41. The van der Waals surface area contributed by atoms with E-state index in [-0.39, 0.29) is 0 Å². The predicted molar refractivity (Wildman–Crippen MR) is 82.4 cm³/mol. The lowest BCUT2D eigenvalue weighted by molar-refractivity contribution is -0.0285. The fraction of sp³-hybridized carbons (Fsp3) is 0.500. The van der Waals surface area contributed by atoms with Gasteiger partial charge >= 0.3 is 0 Å². The first-order valence-corrected chi connectivity index (χ1v) is 7.66. The molecule has 1 N–H and O–H groups in total. The van der Waals surface area contributed by atoms with E-state index in [1.165, 1.54) is 6.42 Å². The van der Waals surface area contributed by atoms with Crippen LogP contribution in [0.5, 0.6) is 0 Å². The van der Waals surface area contributed by atoms with Crippen molar-refractivity contribution in [3.8, 4) is 0 Å². The SMILES string of the molecule is CC(C)C1CCCC(O)(c2cncc3ccccc23)C1. The van der Waals surface area contributed by atoms with E-state index in [1.807, 2.05) is 24.5 Å². The van der Waals surface area contributed by atoms with E-state index in [1.54, 1.807) is 0 Å². The molecular formula is C18H23NO. The van der Waals surface area contributed by atoms with Crippen molar-refractivity contribution in [1.82, 2.24) is 4.98 Å². The largest absolute Gasteiger partial charge is 0.385 e. The van der Waals surface area contributed by atoms with E-state index in [9.17, 15) is 5.11 Å². The molecule has 20 heavy (non-hydrogen) atoms. The van der Waals surface area contributed by atoms with E-state index in [0.717, 1.165) is 35.6 Å². The maximum atomic E-state index is 11.2. The number of aromatic nitrogens is 1. The minimum Gasteiger partial charge on any atom is -0.385 e. The molecule has 1 saturated carbocycles. The summed E-state index contributed by atoms with van der Waals surface area (Å²) in [6.07, 6.45) is 7.79. The molecule has 1 aromatic carbocycles. The average Bonchev–Trinajstić information content (AvgIpc) is 2.46. The molecule has 0 radical (unpaired) electrons. The minimum atomic E-state index is -0.707. The maximum absolute atomic E-state index is 11.2. The third-order valence-electron chi connectivity index (χ3n) is 4.88. The summed E-state index contributed by atoms with van der Waals surface area (Å²) in [7, 11) is 0. The molecule has 1 aliphatic rings. The van der Waals surface area contributed by atoms with Crippen LogP contribution >= 0.6 is 0 Å². The third kappa shape index (κ3) is 2.33. The number of hydrogen-bond donors (Lipinski definition) is 1. The zero-order valence-electron chi connectivity index (χ0n) is 12.3. The van der Waals surface area contributed by atoms with Crippen LogP contribution in [0.1, 0.15) is 45.1 Å². The van der Waals surface area contributed by atoms with Gasteiger partial charge in [-0.1, -0.05) is 38.1 Å². The van der Waals surface area contributed by atoms with E-state index in [0.29, 0.717) is 11.8 Å². The molecule has 1 fully saturated rings. The summed E-state index contributed by atoms with van der Waals surface area (Å²) in [5, 5.41) is 13.5. The van der Waals surface area contributed by atoms with Gasteiger partial charge in [0.1, 0.15) is 0 Å². The summed E-state index contributed by atoms with van der Waals surface area (Å²) in [5.74, 6) is 1.23. The van der Waals surface area contributed by atoms with Gasteiger partial charge in [-0.05, 0) is 42.9 Å². The second kappa shape index (κ2) is 5.17. The van der Waals surface area contributed by atoms with Gasteiger partial charge in [0.15, 0.2) is 0 Å². The van der Waals surface area contributed by atoms with E-state index < -0.39 is 5.60 Å². The highest BCUT2D eigenvalue weighted by atomic mass is 16.3. The van der Waals surface area contributed by atoms with Gasteiger partial charge in [-0.25, -0.2) is 0 Å². The van der Waals surface area contributed by atoms with E-state index >= 15 is 0 Å². The van der Waals surface area contributed by atoms with Crippen molar-refractivity contribution in [2.75, 3.05) is 0 Å². The van der Waals surface area contributed by atoms with Crippen LogP contribution in [-0.2, 0) is 5.60 Å². The zero-order valence-corrected chi connectivity index (χ0v) is 12.3. The first kappa shape index (κ1) is 13.6. The number of benzene rings is 1. The fourth-order valence-corrected chi connectivity index (χ4v) is 3.60. The number of hydrogen-bond acceptors (Lipinski definition) is 2. The molecule has 1 aromatic heterocycles. The summed E-state index contributed by atoms with van der Waals surface area (Å²) in [5.41, 5.74) is 0.307. The highest BCUT2D eigenvalue weighted by Gasteiger charge is 2.37. The van der Waals surface area contributed by atoms with Crippen LogP contribution in [-0.4, -0.2) is 10.1 Å². The average molecular weight is 269 g/mol. The Labute approximate surface area is 120 Å². The van der Waals surface area contributed by atoms with Gasteiger partial charge in [-0.15, -0.1) is 0 Å². The van der Waals surface area contributed by atoms with Gasteiger partial charge in [0.05, 0.1) is 5.60 Å². The quantitative estimate of drug-likeness (QED) is 0.883. The van der Waals surface area contributed by atoms with E-state index in [2.05, 4.69) is 31.0 Å². The number of fused-ring (bicyclic) bond motifs is 1. The number of rotatable bonds is 2. The summed E-state index contributed by atoms with van der Waals surface area (Å²) < 4.78 is 0. The van der Waals surface area contributed by atoms with Gasteiger partial charge in [-0.2, -0.15) is 0 Å². The standard InChI is InChI=1S/C18H23NO/c1-13(2)14-7-5-9-18(20,10-14)17-12-19-11-15-6-3-4-8-16(15)17/h3-4,6,8,11-14,20H,5,7,9-10H2,1-2H3. The Kier molecular flexibility index (Phi) is 3.51. The summed E-state index contributed by atoms with van der Waals surface area (Å²) in [6, 6.07) is 8.23. The van der Waals surface area contributed by atoms with Crippen molar-refractivity contribution in [3.05, 3.63) is 42.2 Å². The molecule has 2 aromatic rings. The molecule has 0 aliphatic heterocycles. The van der Waals surface area contributed by atoms with Gasteiger partial charge in [0, 0.05) is 23.3 Å². The molecule has 2 nitrogen and oxygen atoms in total. The first-order chi connectivity index (χ1) is 9.60. The molecule has 2 atom stereocenters. The monoisotopic (exact) mass is 269 g/mol. The number of pyridine rings is 1.